The van der Waals surface area contributed by atoms with E-state index >= 15 is 0 Å². The first-order chi connectivity index (χ1) is 13.0. The lowest BCUT2D eigenvalue weighted by molar-refractivity contribution is -0.0498. The fraction of sp³-hybridized carbons (Fsp3) is 0.235. The summed E-state index contributed by atoms with van der Waals surface area (Å²) in [6.45, 7) is -2.79. The first-order valence-electron chi connectivity index (χ1n) is 7.72. The summed E-state index contributed by atoms with van der Waals surface area (Å²) in [5.74, 6) is 0.271. The van der Waals surface area contributed by atoms with Crippen molar-refractivity contribution in [1.82, 2.24) is 20.0 Å². The maximum atomic E-state index is 12.6. The van der Waals surface area contributed by atoms with E-state index in [2.05, 4.69) is 20.0 Å². The van der Waals surface area contributed by atoms with Gasteiger partial charge in [0.05, 0.1) is 19.9 Å². The van der Waals surface area contributed by atoms with Crippen molar-refractivity contribution in [3.8, 4) is 22.8 Å². The molecule has 0 spiro atoms. The van der Waals surface area contributed by atoms with Crippen molar-refractivity contribution in [2.45, 2.75) is 19.6 Å². The first-order valence-corrected chi connectivity index (χ1v) is 7.72. The molecule has 142 valence electrons. The van der Waals surface area contributed by atoms with Gasteiger partial charge in [-0.2, -0.15) is 8.78 Å². The Morgan fingerprint density at radius 1 is 1.15 bits per heavy atom. The van der Waals surface area contributed by atoms with E-state index in [1.807, 2.05) is 0 Å². The Morgan fingerprint density at radius 2 is 1.96 bits per heavy atom. The lowest BCUT2D eigenvalue weighted by atomic mass is 10.0. The van der Waals surface area contributed by atoms with Gasteiger partial charge in [0.15, 0.2) is 0 Å². The number of nitrogens with zero attached hydrogens (tertiary/aromatic N) is 4. The average molecular weight is 382 g/mol. The number of hydrogen-bond acceptors (Lipinski definition) is 5. The predicted octanol–water partition coefficient (Wildman–Crippen LogP) is 3.94. The Labute approximate surface area is 151 Å². The summed E-state index contributed by atoms with van der Waals surface area (Å²) in [4.78, 5) is 4.18. The van der Waals surface area contributed by atoms with Crippen LogP contribution in [0.2, 0.25) is 0 Å². The number of ether oxygens (including phenoxy) is 2. The largest absolute Gasteiger partial charge is 0.481 e. The molecule has 0 amide bonds. The summed E-state index contributed by atoms with van der Waals surface area (Å²) in [5.41, 5.74) is 1.29. The van der Waals surface area contributed by atoms with E-state index in [0.29, 0.717) is 16.7 Å². The summed E-state index contributed by atoms with van der Waals surface area (Å²) in [5, 5.41) is 7.04. The molecule has 0 atom stereocenters. The standard InChI is InChI=1S/C17H14F4N4O2/c1-26-16-13(11-3-2-4-12(6-11)27-17(20)21)5-10(7-22-16)8-25-9-14(15(18)19)23-24-25/h2-7,9,15,17H,8H2,1H3. The minimum absolute atomic E-state index is 0.00666. The molecule has 0 aliphatic rings. The minimum Gasteiger partial charge on any atom is -0.481 e. The molecule has 6 nitrogen and oxygen atoms in total. The van der Waals surface area contributed by atoms with Crippen molar-refractivity contribution in [2.24, 2.45) is 0 Å². The molecule has 3 aromatic rings. The molecule has 3 rings (SSSR count). The monoisotopic (exact) mass is 382 g/mol. The zero-order valence-corrected chi connectivity index (χ0v) is 14.0. The van der Waals surface area contributed by atoms with Crippen LogP contribution in [0.5, 0.6) is 11.6 Å². The molecule has 0 radical (unpaired) electrons. The van der Waals surface area contributed by atoms with Crippen LogP contribution in [0.4, 0.5) is 17.6 Å². The molecular weight excluding hydrogens is 368 g/mol. The predicted molar refractivity (Wildman–Crippen MR) is 86.9 cm³/mol. The van der Waals surface area contributed by atoms with Crippen LogP contribution in [0.25, 0.3) is 11.1 Å². The van der Waals surface area contributed by atoms with E-state index in [-0.39, 0.29) is 18.2 Å². The quantitative estimate of drug-likeness (QED) is 0.580. The van der Waals surface area contributed by atoms with Gasteiger partial charge in [-0.1, -0.05) is 17.3 Å². The topological polar surface area (TPSA) is 62.1 Å². The van der Waals surface area contributed by atoms with Crippen LogP contribution >= 0.6 is 0 Å². The number of benzene rings is 1. The maximum absolute atomic E-state index is 12.6. The summed E-state index contributed by atoms with van der Waals surface area (Å²) < 4.78 is 61.0. The molecule has 0 bridgehead atoms. The van der Waals surface area contributed by atoms with Crippen LogP contribution in [0.15, 0.2) is 42.7 Å². The molecule has 0 fully saturated rings. The van der Waals surface area contributed by atoms with Crippen LogP contribution < -0.4 is 9.47 Å². The third-order valence-electron chi connectivity index (χ3n) is 3.60. The fourth-order valence-corrected chi connectivity index (χ4v) is 2.47. The van der Waals surface area contributed by atoms with Crippen LogP contribution in [0, 0.1) is 0 Å². The van der Waals surface area contributed by atoms with Crippen LogP contribution in [0.3, 0.4) is 0 Å². The molecular formula is C17H14F4N4O2. The molecule has 1 aromatic carbocycles. The number of rotatable bonds is 7. The number of halogens is 4. The van der Waals surface area contributed by atoms with Crippen molar-refractivity contribution in [3.63, 3.8) is 0 Å². The SMILES string of the molecule is COc1ncc(Cn2cc(C(F)F)nn2)cc1-c1cccc(OC(F)F)c1. The van der Waals surface area contributed by atoms with E-state index in [1.165, 1.54) is 30.1 Å². The average Bonchev–Trinajstić information content (AvgIpc) is 3.10. The van der Waals surface area contributed by atoms with Crippen molar-refractivity contribution in [2.75, 3.05) is 7.11 Å². The molecule has 10 heteroatoms. The van der Waals surface area contributed by atoms with Gasteiger partial charge in [0, 0.05) is 11.8 Å². The zero-order valence-electron chi connectivity index (χ0n) is 14.0. The molecule has 0 saturated heterocycles. The molecule has 0 aliphatic heterocycles. The lowest BCUT2D eigenvalue weighted by Crippen LogP contribution is -2.03. The first kappa shape index (κ1) is 18.6. The van der Waals surface area contributed by atoms with E-state index in [0.717, 1.165) is 6.20 Å². The molecule has 2 aromatic heterocycles. The van der Waals surface area contributed by atoms with Crippen molar-refractivity contribution < 1.29 is 27.0 Å². The summed E-state index contributed by atoms with van der Waals surface area (Å²) in [6, 6.07) is 7.79. The second kappa shape index (κ2) is 8.02. The highest BCUT2D eigenvalue weighted by Gasteiger charge is 2.14. The molecule has 0 N–H and O–H groups in total. The molecule has 0 aliphatic carbocycles. The maximum Gasteiger partial charge on any atom is 0.387 e. The molecule has 0 unspecified atom stereocenters. The molecule has 0 saturated carbocycles. The zero-order chi connectivity index (χ0) is 19.4. The van der Waals surface area contributed by atoms with Crippen molar-refractivity contribution >= 4 is 0 Å². The van der Waals surface area contributed by atoms with E-state index in [4.69, 9.17) is 4.74 Å². The van der Waals surface area contributed by atoms with Gasteiger partial charge in [-0.3, -0.25) is 0 Å². The van der Waals surface area contributed by atoms with E-state index in [1.54, 1.807) is 18.2 Å². The van der Waals surface area contributed by atoms with Gasteiger partial charge in [-0.15, -0.1) is 5.10 Å². The molecule has 27 heavy (non-hydrogen) atoms. The second-order valence-corrected chi connectivity index (χ2v) is 5.45. The fourth-order valence-electron chi connectivity index (χ4n) is 2.47. The number of hydrogen-bond donors (Lipinski definition) is 0. The van der Waals surface area contributed by atoms with Gasteiger partial charge >= 0.3 is 6.61 Å². The van der Waals surface area contributed by atoms with Crippen molar-refractivity contribution in [1.29, 1.82) is 0 Å². The van der Waals surface area contributed by atoms with Gasteiger partial charge in [0.1, 0.15) is 11.4 Å². The summed E-state index contributed by atoms with van der Waals surface area (Å²) in [7, 11) is 1.43. The van der Waals surface area contributed by atoms with Gasteiger partial charge < -0.3 is 9.47 Å². The Kier molecular flexibility index (Phi) is 5.53. The van der Waals surface area contributed by atoms with Crippen molar-refractivity contribution in [3.05, 3.63) is 54.0 Å². The van der Waals surface area contributed by atoms with E-state index < -0.39 is 18.7 Å². The van der Waals surface area contributed by atoms with Gasteiger partial charge in [-0.25, -0.2) is 18.4 Å². The molecule has 2 heterocycles. The number of alkyl halides is 4. The highest BCUT2D eigenvalue weighted by atomic mass is 19.3. The third-order valence-corrected chi connectivity index (χ3v) is 3.60. The smallest absolute Gasteiger partial charge is 0.387 e. The summed E-state index contributed by atoms with van der Waals surface area (Å²) >= 11 is 0. The Morgan fingerprint density at radius 3 is 2.63 bits per heavy atom. The van der Waals surface area contributed by atoms with Crippen LogP contribution in [-0.2, 0) is 6.54 Å². The van der Waals surface area contributed by atoms with Gasteiger partial charge in [-0.05, 0) is 29.3 Å². The Hall–Kier alpha value is -3.17. The highest BCUT2D eigenvalue weighted by molar-refractivity contribution is 5.70. The summed E-state index contributed by atoms with van der Waals surface area (Å²) in [6.07, 6.45) is -0.0575. The Balaban J connectivity index is 1.91. The van der Waals surface area contributed by atoms with Gasteiger partial charge in [0.25, 0.3) is 6.43 Å². The van der Waals surface area contributed by atoms with E-state index in [9.17, 15) is 17.6 Å². The lowest BCUT2D eigenvalue weighted by Gasteiger charge is -2.11. The minimum atomic E-state index is -2.94. The van der Waals surface area contributed by atoms with Crippen LogP contribution in [-0.4, -0.2) is 33.7 Å². The third kappa shape index (κ3) is 4.52. The normalized spacial score (nSPS) is 11.2. The number of aromatic nitrogens is 4. The highest BCUT2D eigenvalue weighted by Crippen LogP contribution is 2.31. The van der Waals surface area contributed by atoms with Gasteiger partial charge in [0.2, 0.25) is 5.88 Å². The second-order valence-electron chi connectivity index (χ2n) is 5.45. The number of methoxy groups -OCH3 is 1. The Bertz CT molecular complexity index is 917. The van der Waals surface area contributed by atoms with Crippen LogP contribution in [0.1, 0.15) is 17.7 Å². The number of pyridine rings is 1.